The summed E-state index contributed by atoms with van der Waals surface area (Å²) in [6.45, 7) is 5.52. The van der Waals surface area contributed by atoms with Crippen molar-refractivity contribution in [3.63, 3.8) is 0 Å². The first-order valence-electron chi connectivity index (χ1n) is 6.15. The van der Waals surface area contributed by atoms with E-state index in [1.807, 2.05) is 18.4 Å². The molecule has 0 fully saturated rings. The van der Waals surface area contributed by atoms with Gasteiger partial charge in [0.1, 0.15) is 0 Å². The Morgan fingerprint density at radius 2 is 2.00 bits per heavy atom. The van der Waals surface area contributed by atoms with E-state index in [-0.39, 0.29) is 10.5 Å². The third-order valence-electron chi connectivity index (χ3n) is 2.92. The molecule has 2 rings (SSSR count). The molecule has 1 aromatic heterocycles. The third-order valence-corrected chi connectivity index (χ3v) is 5.30. The summed E-state index contributed by atoms with van der Waals surface area (Å²) >= 11 is 1.37. The summed E-state index contributed by atoms with van der Waals surface area (Å²) in [6.07, 6.45) is 0. The van der Waals surface area contributed by atoms with Crippen molar-refractivity contribution in [2.45, 2.75) is 17.9 Å². The molecule has 21 heavy (non-hydrogen) atoms. The normalized spacial score (nSPS) is 12.6. The first-order valence-corrected chi connectivity index (χ1v) is 8.51. The molecule has 1 aromatic carbocycles. The summed E-state index contributed by atoms with van der Waals surface area (Å²) in [5.41, 5.74) is 1.14. The summed E-state index contributed by atoms with van der Waals surface area (Å²) in [7, 11) is -3.71. The van der Waals surface area contributed by atoms with Crippen molar-refractivity contribution in [2.75, 3.05) is 0 Å². The van der Waals surface area contributed by atoms with Crippen LogP contribution in [-0.2, 0) is 10.0 Å². The second-order valence-corrected chi connectivity index (χ2v) is 7.21. The first kappa shape index (κ1) is 15.4. The molecule has 1 N–H and O–H groups in total. The van der Waals surface area contributed by atoms with Gasteiger partial charge < -0.3 is 0 Å². The number of aryl methyl sites for hydroxylation is 1. The maximum atomic E-state index is 12.4. The van der Waals surface area contributed by atoms with E-state index < -0.39 is 16.1 Å². The van der Waals surface area contributed by atoms with Crippen LogP contribution in [0.5, 0.6) is 0 Å². The molecule has 4 nitrogen and oxygen atoms in total. The summed E-state index contributed by atoms with van der Waals surface area (Å²) < 4.78 is 27.4. The van der Waals surface area contributed by atoms with E-state index in [0.717, 1.165) is 10.4 Å². The molecule has 1 heterocycles. The van der Waals surface area contributed by atoms with E-state index in [4.69, 9.17) is 5.26 Å². The molecular weight excluding hydrogens is 304 g/mol. The Kier molecular flexibility index (Phi) is 4.58. The first-order chi connectivity index (χ1) is 9.94. The zero-order valence-corrected chi connectivity index (χ0v) is 13.0. The highest BCUT2D eigenvalue weighted by Crippen LogP contribution is 2.26. The van der Waals surface area contributed by atoms with Crippen LogP contribution in [0.1, 0.15) is 16.5 Å². The second-order valence-electron chi connectivity index (χ2n) is 4.52. The van der Waals surface area contributed by atoms with Gasteiger partial charge in [0.05, 0.1) is 17.0 Å². The van der Waals surface area contributed by atoms with Crippen molar-refractivity contribution in [2.24, 2.45) is 0 Å². The van der Waals surface area contributed by atoms with Crippen molar-refractivity contribution >= 4 is 21.4 Å². The lowest BCUT2D eigenvalue weighted by Gasteiger charge is -2.16. The highest BCUT2D eigenvalue weighted by molar-refractivity contribution is 7.89. The molecule has 0 aliphatic heterocycles. The Balaban J connectivity index is 2.34. The molecule has 0 aliphatic rings. The zero-order chi connectivity index (χ0) is 15.5. The van der Waals surface area contributed by atoms with Gasteiger partial charge in [-0.15, -0.1) is 11.3 Å². The van der Waals surface area contributed by atoms with E-state index in [1.165, 1.54) is 23.5 Å². The topological polar surface area (TPSA) is 70.0 Å². The molecule has 6 heteroatoms. The van der Waals surface area contributed by atoms with Crippen LogP contribution in [0.3, 0.4) is 0 Å². The minimum atomic E-state index is -3.71. The highest BCUT2D eigenvalue weighted by Gasteiger charge is 2.24. The maximum Gasteiger partial charge on any atom is 0.241 e. The quantitative estimate of drug-likeness (QED) is 0.861. The second kappa shape index (κ2) is 6.22. The number of rotatable bonds is 5. The molecule has 0 bridgehead atoms. The molecule has 0 saturated heterocycles. The molecule has 1 atom stereocenters. The van der Waals surface area contributed by atoms with Crippen molar-refractivity contribution < 1.29 is 8.42 Å². The van der Waals surface area contributed by atoms with Crippen LogP contribution >= 0.6 is 11.3 Å². The van der Waals surface area contributed by atoms with Crippen molar-refractivity contribution in [1.82, 2.24) is 4.72 Å². The smallest absolute Gasteiger partial charge is 0.207 e. The number of thiophene rings is 1. The van der Waals surface area contributed by atoms with E-state index in [1.54, 1.807) is 24.3 Å². The van der Waals surface area contributed by atoms with Crippen molar-refractivity contribution in [1.29, 1.82) is 5.26 Å². The maximum absolute atomic E-state index is 12.4. The van der Waals surface area contributed by atoms with Gasteiger partial charge in [-0.1, -0.05) is 30.3 Å². The summed E-state index contributed by atoms with van der Waals surface area (Å²) in [5.74, 6) is 0. The predicted octanol–water partition coefficient (Wildman–Crippen LogP) is 3.16. The largest absolute Gasteiger partial charge is 0.241 e. The number of nitrogens with one attached hydrogen (secondary N) is 1. The molecule has 0 saturated carbocycles. The van der Waals surface area contributed by atoms with Crippen LogP contribution in [0.15, 0.2) is 58.8 Å². The van der Waals surface area contributed by atoms with Crippen LogP contribution in [-0.4, -0.2) is 8.42 Å². The Bertz CT molecular complexity index is 770. The Morgan fingerprint density at radius 1 is 1.33 bits per heavy atom. The highest BCUT2D eigenvalue weighted by atomic mass is 32.2. The molecule has 0 aliphatic carbocycles. The van der Waals surface area contributed by atoms with E-state index in [9.17, 15) is 8.42 Å². The molecule has 0 amide bonds. The summed E-state index contributed by atoms with van der Waals surface area (Å²) in [4.78, 5) is 0.901. The number of benzene rings is 1. The van der Waals surface area contributed by atoms with Crippen molar-refractivity contribution in [3.05, 3.63) is 64.4 Å². The van der Waals surface area contributed by atoms with Gasteiger partial charge in [0, 0.05) is 10.5 Å². The number of sulfonamides is 1. The minimum Gasteiger partial charge on any atom is -0.207 e. The number of hydrogen-bond acceptors (Lipinski definition) is 4. The third kappa shape index (κ3) is 3.58. The average Bonchev–Trinajstić information content (AvgIpc) is 2.98. The van der Waals surface area contributed by atoms with Crippen molar-refractivity contribution in [3.8, 4) is 6.07 Å². The molecule has 0 spiro atoms. The lowest BCUT2D eigenvalue weighted by Crippen LogP contribution is -2.29. The minimum absolute atomic E-state index is 0.160. The van der Waals surface area contributed by atoms with Gasteiger partial charge in [-0.2, -0.15) is 9.98 Å². The standard InChI is InChI=1S/C15H14N2O2S2/c1-11-5-7-13(8-6-11)21(18,19)17-15(12(2)10-16)14-4-3-9-20-14/h3-9,15,17H,2H2,1H3/t15-/m1/s1. The predicted molar refractivity (Wildman–Crippen MR) is 83.3 cm³/mol. The zero-order valence-electron chi connectivity index (χ0n) is 11.4. The van der Waals surface area contributed by atoms with Gasteiger partial charge in [0.15, 0.2) is 0 Å². The van der Waals surface area contributed by atoms with Crippen LogP contribution in [0.4, 0.5) is 0 Å². The Morgan fingerprint density at radius 3 is 2.52 bits per heavy atom. The number of nitrogens with zero attached hydrogens (tertiary/aromatic N) is 1. The lowest BCUT2D eigenvalue weighted by atomic mass is 10.1. The summed E-state index contributed by atoms with van der Waals surface area (Å²) in [6, 6.07) is 11.3. The van der Waals surface area contributed by atoms with Gasteiger partial charge in [0.25, 0.3) is 0 Å². The average molecular weight is 318 g/mol. The monoisotopic (exact) mass is 318 g/mol. The van der Waals surface area contributed by atoms with Gasteiger partial charge in [-0.05, 0) is 30.5 Å². The fourth-order valence-electron chi connectivity index (χ4n) is 1.76. The number of nitriles is 1. The fourth-order valence-corrected chi connectivity index (χ4v) is 3.85. The lowest BCUT2D eigenvalue weighted by molar-refractivity contribution is 0.573. The van der Waals surface area contributed by atoms with Crippen LogP contribution in [0.2, 0.25) is 0 Å². The van der Waals surface area contributed by atoms with E-state index in [0.29, 0.717) is 0 Å². The summed E-state index contributed by atoms with van der Waals surface area (Å²) in [5, 5.41) is 10.9. The van der Waals surface area contributed by atoms with Gasteiger partial charge >= 0.3 is 0 Å². The SMILES string of the molecule is C=C(C#N)[C@@H](NS(=O)(=O)c1ccc(C)cc1)c1cccs1. The Hall–Kier alpha value is -1.94. The van der Waals surface area contributed by atoms with E-state index >= 15 is 0 Å². The van der Waals surface area contributed by atoms with Crippen LogP contribution in [0.25, 0.3) is 0 Å². The van der Waals surface area contributed by atoms with Gasteiger partial charge in [-0.3, -0.25) is 0 Å². The molecule has 0 radical (unpaired) electrons. The van der Waals surface area contributed by atoms with Crippen LogP contribution in [0, 0.1) is 18.3 Å². The van der Waals surface area contributed by atoms with Gasteiger partial charge in [0.2, 0.25) is 10.0 Å². The molecule has 0 unspecified atom stereocenters. The Labute approximate surface area is 128 Å². The van der Waals surface area contributed by atoms with E-state index in [2.05, 4.69) is 11.3 Å². The molecule has 2 aromatic rings. The number of hydrogen-bond donors (Lipinski definition) is 1. The fraction of sp³-hybridized carbons (Fsp3) is 0.133. The van der Waals surface area contributed by atoms with Gasteiger partial charge in [-0.25, -0.2) is 8.42 Å². The molecular formula is C15H14N2O2S2. The molecule has 108 valence electrons. The van der Waals surface area contributed by atoms with Crippen LogP contribution < -0.4 is 4.72 Å².